The molecule has 1 aromatic heterocycles. The van der Waals surface area contributed by atoms with Crippen LogP contribution in [0.5, 0.6) is 0 Å². The van der Waals surface area contributed by atoms with Gasteiger partial charge in [0.05, 0.1) is 6.20 Å². The van der Waals surface area contributed by atoms with E-state index in [1.54, 1.807) is 0 Å². The van der Waals surface area contributed by atoms with E-state index in [4.69, 9.17) is 0 Å². The first-order valence-corrected chi connectivity index (χ1v) is 6.18. The summed E-state index contributed by atoms with van der Waals surface area (Å²) in [6, 6.07) is -0.816. The summed E-state index contributed by atoms with van der Waals surface area (Å²) >= 11 is 0. The van der Waals surface area contributed by atoms with Crippen LogP contribution in [0.25, 0.3) is 0 Å². The number of rotatable bonds is 2. The van der Waals surface area contributed by atoms with Crippen LogP contribution in [0.3, 0.4) is 0 Å². The van der Waals surface area contributed by atoms with Gasteiger partial charge in [-0.05, 0) is 12.8 Å². The number of nitrogens with zero attached hydrogens (tertiary/aromatic N) is 2. The smallest absolute Gasteiger partial charge is 0.326 e. The Morgan fingerprint density at radius 3 is 2.79 bits per heavy atom. The minimum atomic E-state index is -1.00. The summed E-state index contributed by atoms with van der Waals surface area (Å²) in [5.41, 5.74) is -0.338. The summed E-state index contributed by atoms with van der Waals surface area (Å²) in [6.45, 7) is 0.399. The SMILES string of the molecule is O=C(O)C1CCCCCN1C(=O)c1c[nH]c(=O)cn1. The van der Waals surface area contributed by atoms with Gasteiger partial charge in [-0.2, -0.15) is 0 Å². The molecule has 19 heavy (non-hydrogen) atoms. The molecule has 1 unspecified atom stereocenters. The fourth-order valence-electron chi connectivity index (χ4n) is 2.21. The predicted octanol–water partition coefficient (Wildman–Crippen LogP) is 0.239. The average Bonchev–Trinajstić information content (AvgIpc) is 2.64. The molecule has 0 spiro atoms. The average molecular weight is 265 g/mol. The quantitative estimate of drug-likeness (QED) is 0.797. The van der Waals surface area contributed by atoms with Crippen molar-refractivity contribution >= 4 is 11.9 Å². The number of carboxylic acid groups (broad SMARTS) is 1. The molecule has 0 bridgehead atoms. The summed E-state index contributed by atoms with van der Waals surface area (Å²) in [5.74, 6) is -1.45. The van der Waals surface area contributed by atoms with Crippen molar-refractivity contribution in [3.63, 3.8) is 0 Å². The highest BCUT2D eigenvalue weighted by molar-refractivity contribution is 5.94. The first kappa shape index (κ1) is 13.3. The van der Waals surface area contributed by atoms with E-state index in [1.807, 2.05) is 0 Å². The fourth-order valence-corrected chi connectivity index (χ4v) is 2.21. The van der Waals surface area contributed by atoms with Crippen molar-refractivity contribution in [2.24, 2.45) is 0 Å². The van der Waals surface area contributed by atoms with Gasteiger partial charge in [0, 0.05) is 12.7 Å². The molecule has 2 N–H and O–H groups in total. The summed E-state index contributed by atoms with van der Waals surface area (Å²) in [5, 5.41) is 9.20. The topological polar surface area (TPSA) is 103 Å². The Bertz CT molecular complexity index is 520. The number of hydrogen-bond donors (Lipinski definition) is 2. The summed E-state index contributed by atoms with van der Waals surface area (Å²) in [4.78, 5) is 41.8. The molecule has 0 saturated carbocycles. The lowest BCUT2D eigenvalue weighted by atomic mass is 10.1. The number of amides is 1. The molecule has 0 radical (unpaired) electrons. The number of carboxylic acids is 1. The van der Waals surface area contributed by atoms with E-state index in [-0.39, 0.29) is 5.69 Å². The molecule has 1 aliphatic heterocycles. The van der Waals surface area contributed by atoms with Gasteiger partial charge in [0.2, 0.25) is 0 Å². The van der Waals surface area contributed by atoms with Crippen molar-refractivity contribution in [2.45, 2.75) is 31.7 Å². The monoisotopic (exact) mass is 265 g/mol. The number of hydrogen-bond acceptors (Lipinski definition) is 4. The van der Waals surface area contributed by atoms with Crippen molar-refractivity contribution in [2.75, 3.05) is 6.54 Å². The van der Waals surface area contributed by atoms with Gasteiger partial charge in [-0.1, -0.05) is 12.8 Å². The highest BCUT2D eigenvalue weighted by atomic mass is 16.4. The Morgan fingerprint density at radius 2 is 2.16 bits per heavy atom. The van der Waals surface area contributed by atoms with Crippen LogP contribution < -0.4 is 5.56 Å². The second kappa shape index (κ2) is 5.64. The number of aromatic amines is 1. The Kier molecular flexibility index (Phi) is 3.94. The molecule has 1 fully saturated rings. The molecule has 7 nitrogen and oxygen atoms in total. The Hall–Kier alpha value is -2.18. The molecule has 102 valence electrons. The zero-order chi connectivity index (χ0) is 13.8. The van der Waals surface area contributed by atoms with Gasteiger partial charge in [-0.25, -0.2) is 9.78 Å². The number of aromatic nitrogens is 2. The second-order valence-electron chi connectivity index (χ2n) is 4.50. The van der Waals surface area contributed by atoms with Gasteiger partial charge >= 0.3 is 5.97 Å². The first-order chi connectivity index (χ1) is 9.09. The van der Waals surface area contributed by atoms with E-state index in [0.717, 1.165) is 25.5 Å². The molecule has 1 aromatic rings. The van der Waals surface area contributed by atoms with Crippen LogP contribution in [0.15, 0.2) is 17.2 Å². The van der Waals surface area contributed by atoms with Gasteiger partial charge < -0.3 is 15.0 Å². The molecular formula is C12H15N3O4. The Balaban J connectivity index is 2.25. The zero-order valence-corrected chi connectivity index (χ0v) is 10.3. The second-order valence-corrected chi connectivity index (χ2v) is 4.50. The molecule has 2 rings (SSSR count). The first-order valence-electron chi connectivity index (χ1n) is 6.18. The minimum absolute atomic E-state index is 0.0627. The van der Waals surface area contributed by atoms with Crippen LogP contribution >= 0.6 is 0 Å². The molecule has 1 aliphatic rings. The maximum absolute atomic E-state index is 12.3. The van der Waals surface area contributed by atoms with Gasteiger partial charge in [0.15, 0.2) is 0 Å². The van der Waals surface area contributed by atoms with Gasteiger partial charge in [-0.3, -0.25) is 9.59 Å². The normalized spacial score (nSPS) is 19.8. The molecule has 1 saturated heterocycles. The lowest BCUT2D eigenvalue weighted by Gasteiger charge is -2.26. The highest BCUT2D eigenvalue weighted by Crippen LogP contribution is 2.18. The molecule has 0 aliphatic carbocycles. The van der Waals surface area contributed by atoms with Crippen LogP contribution in [-0.2, 0) is 4.79 Å². The highest BCUT2D eigenvalue weighted by Gasteiger charge is 2.31. The molecule has 2 heterocycles. The van der Waals surface area contributed by atoms with E-state index in [1.165, 1.54) is 11.1 Å². The maximum atomic E-state index is 12.3. The predicted molar refractivity (Wildman–Crippen MR) is 65.8 cm³/mol. The number of likely N-dealkylation sites (tertiary alicyclic amines) is 1. The van der Waals surface area contributed by atoms with Gasteiger partial charge in [0.25, 0.3) is 11.5 Å². The van der Waals surface area contributed by atoms with Crippen molar-refractivity contribution in [1.82, 2.24) is 14.9 Å². The van der Waals surface area contributed by atoms with Crippen LogP contribution in [0.1, 0.15) is 36.2 Å². The largest absolute Gasteiger partial charge is 0.480 e. The number of nitrogens with one attached hydrogen (secondary N) is 1. The van der Waals surface area contributed by atoms with Crippen LogP contribution in [0.2, 0.25) is 0 Å². The molecule has 1 amide bonds. The lowest BCUT2D eigenvalue weighted by molar-refractivity contribution is -0.142. The van der Waals surface area contributed by atoms with E-state index in [9.17, 15) is 19.5 Å². The van der Waals surface area contributed by atoms with Crippen molar-refractivity contribution < 1.29 is 14.7 Å². The molecular weight excluding hydrogens is 250 g/mol. The lowest BCUT2D eigenvalue weighted by Crippen LogP contribution is -2.45. The van der Waals surface area contributed by atoms with Crippen molar-refractivity contribution in [1.29, 1.82) is 0 Å². The summed E-state index contributed by atoms with van der Waals surface area (Å²) in [6.07, 6.45) is 5.16. The molecule has 0 aromatic carbocycles. The molecule has 7 heteroatoms. The third-order valence-electron chi connectivity index (χ3n) is 3.19. The van der Waals surface area contributed by atoms with E-state index in [2.05, 4.69) is 9.97 Å². The van der Waals surface area contributed by atoms with Crippen LogP contribution in [0.4, 0.5) is 0 Å². The Labute approximate surface area is 109 Å². The number of H-pyrrole nitrogens is 1. The van der Waals surface area contributed by atoms with Crippen molar-refractivity contribution in [3.8, 4) is 0 Å². The molecule has 1 atom stereocenters. The summed E-state index contributed by atoms with van der Waals surface area (Å²) < 4.78 is 0. The van der Waals surface area contributed by atoms with E-state index >= 15 is 0 Å². The standard InChI is InChI=1S/C12H15N3O4/c16-10-7-13-8(6-14-10)11(17)15-5-3-1-2-4-9(15)12(18)19/h6-7,9H,1-5H2,(H,14,16)(H,18,19). The third-order valence-corrected chi connectivity index (χ3v) is 3.19. The van der Waals surface area contributed by atoms with Crippen molar-refractivity contribution in [3.05, 3.63) is 28.4 Å². The fraction of sp³-hybridized carbons (Fsp3) is 0.500. The Morgan fingerprint density at radius 1 is 1.37 bits per heavy atom. The van der Waals surface area contributed by atoms with Crippen LogP contribution in [-0.4, -0.2) is 44.4 Å². The minimum Gasteiger partial charge on any atom is -0.480 e. The van der Waals surface area contributed by atoms with Gasteiger partial charge in [-0.15, -0.1) is 0 Å². The third kappa shape index (κ3) is 2.98. The van der Waals surface area contributed by atoms with E-state index in [0.29, 0.717) is 13.0 Å². The van der Waals surface area contributed by atoms with E-state index < -0.39 is 23.5 Å². The summed E-state index contributed by atoms with van der Waals surface area (Å²) in [7, 11) is 0. The number of aliphatic carboxylic acids is 1. The van der Waals surface area contributed by atoms with Gasteiger partial charge in [0.1, 0.15) is 11.7 Å². The maximum Gasteiger partial charge on any atom is 0.326 e. The van der Waals surface area contributed by atoms with Crippen LogP contribution in [0, 0.1) is 0 Å². The number of carbonyl (C=O) groups excluding carboxylic acids is 1. The number of carbonyl (C=O) groups is 2. The zero-order valence-electron chi connectivity index (χ0n) is 10.3.